The zero-order valence-corrected chi connectivity index (χ0v) is 13.9. The third-order valence-electron chi connectivity index (χ3n) is 4.93. The standard InChI is InChI=1S/C16H22N2O3S/c1-8(2)6-16(15(20)21)10-4-5-11(19)12(10)13(18-16)14-17-7-9(3)22-14/h7-8,10,12-13,18H,4-6H2,1-3H3,(H,20,21)/t10-,12-,13-,16+/m1/s1. The van der Waals surface area contributed by atoms with E-state index in [0.29, 0.717) is 19.3 Å². The van der Waals surface area contributed by atoms with E-state index in [0.717, 1.165) is 9.88 Å². The Morgan fingerprint density at radius 1 is 1.59 bits per heavy atom. The van der Waals surface area contributed by atoms with Gasteiger partial charge in [-0.1, -0.05) is 13.8 Å². The lowest BCUT2D eigenvalue weighted by Crippen LogP contribution is -2.53. The van der Waals surface area contributed by atoms with Crippen LogP contribution in [0.1, 0.15) is 49.0 Å². The smallest absolute Gasteiger partial charge is 0.324 e. The van der Waals surface area contributed by atoms with Crippen molar-refractivity contribution in [3.63, 3.8) is 0 Å². The van der Waals surface area contributed by atoms with E-state index in [1.54, 1.807) is 17.5 Å². The highest BCUT2D eigenvalue weighted by Gasteiger charge is 2.62. The number of aryl methyl sites for hydroxylation is 1. The van der Waals surface area contributed by atoms with Gasteiger partial charge < -0.3 is 5.11 Å². The number of hydrogen-bond donors (Lipinski definition) is 2. The number of ketones is 1. The molecule has 1 aromatic rings. The number of carbonyl (C=O) groups is 2. The fraction of sp³-hybridized carbons (Fsp3) is 0.688. The first-order valence-corrected chi connectivity index (χ1v) is 8.63. The van der Waals surface area contributed by atoms with Crippen LogP contribution >= 0.6 is 11.3 Å². The van der Waals surface area contributed by atoms with Gasteiger partial charge in [-0.2, -0.15) is 0 Å². The van der Waals surface area contributed by atoms with Crippen molar-refractivity contribution in [2.75, 3.05) is 0 Å². The van der Waals surface area contributed by atoms with Crippen molar-refractivity contribution in [3.8, 4) is 0 Å². The van der Waals surface area contributed by atoms with Crippen LogP contribution < -0.4 is 5.32 Å². The second-order valence-electron chi connectivity index (χ2n) is 6.94. The molecular weight excluding hydrogens is 300 g/mol. The van der Waals surface area contributed by atoms with Crippen LogP contribution in [0.4, 0.5) is 0 Å². The van der Waals surface area contributed by atoms with Crippen molar-refractivity contribution in [3.05, 3.63) is 16.1 Å². The third kappa shape index (κ3) is 2.29. The van der Waals surface area contributed by atoms with E-state index in [-0.39, 0.29) is 29.6 Å². The average Bonchev–Trinajstić information content (AvgIpc) is 3.07. The van der Waals surface area contributed by atoms with E-state index in [1.165, 1.54) is 0 Å². The zero-order chi connectivity index (χ0) is 16.1. The molecule has 4 atom stereocenters. The summed E-state index contributed by atoms with van der Waals surface area (Å²) in [6, 6.07) is -0.256. The molecule has 1 saturated heterocycles. The predicted octanol–water partition coefficient (Wildman–Crippen LogP) is 2.56. The minimum atomic E-state index is -1.00. The minimum Gasteiger partial charge on any atom is -0.480 e. The van der Waals surface area contributed by atoms with E-state index in [9.17, 15) is 14.7 Å². The molecule has 1 saturated carbocycles. The average molecular weight is 322 g/mol. The lowest BCUT2D eigenvalue weighted by atomic mass is 9.76. The number of nitrogens with one attached hydrogen (secondary N) is 1. The summed E-state index contributed by atoms with van der Waals surface area (Å²) in [5, 5.41) is 14.1. The maximum atomic E-state index is 12.4. The number of carboxylic acid groups (broad SMARTS) is 1. The van der Waals surface area contributed by atoms with Crippen molar-refractivity contribution in [1.29, 1.82) is 0 Å². The highest BCUT2D eigenvalue weighted by atomic mass is 32.1. The molecule has 0 amide bonds. The van der Waals surface area contributed by atoms with Gasteiger partial charge in [0.05, 0.1) is 6.04 Å². The first-order chi connectivity index (χ1) is 10.3. The van der Waals surface area contributed by atoms with Crippen LogP contribution in [0.5, 0.6) is 0 Å². The van der Waals surface area contributed by atoms with Gasteiger partial charge in [-0.15, -0.1) is 11.3 Å². The molecule has 5 nitrogen and oxygen atoms in total. The Balaban J connectivity index is 2.03. The monoisotopic (exact) mass is 322 g/mol. The molecule has 2 aliphatic rings. The number of rotatable bonds is 4. The summed E-state index contributed by atoms with van der Waals surface area (Å²) in [4.78, 5) is 30.0. The summed E-state index contributed by atoms with van der Waals surface area (Å²) in [6.45, 7) is 6.03. The molecule has 120 valence electrons. The van der Waals surface area contributed by atoms with E-state index in [2.05, 4.69) is 10.3 Å². The Hall–Kier alpha value is -1.27. The van der Waals surface area contributed by atoms with Crippen LogP contribution in [-0.2, 0) is 9.59 Å². The van der Waals surface area contributed by atoms with Crippen LogP contribution in [0.2, 0.25) is 0 Å². The van der Waals surface area contributed by atoms with Crippen LogP contribution in [0.25, 0.3) is 0 Å². The number of nitrogens with zero attached hydrogens (tertiary/aromatic N) is 1. The molecule has 0 unspecified atom stereocenters. The summed E-state index contributed by atoms with van der Waals surface area (Å²) >= 11 is 1.55. The van der Waals surface area contributed by atoms with Crippen LogP contribution in [-0.4, -0.2) is 27.4 Å². The molecule has 1 aliphatic heterocycles. The highest BCUT2D eigenvalue weighted by molar-refractivity contribution is 7.11. The van der Waals surface area contributed by atoms with Crippen LogP contribution in [0.15, 0.2) is 6.20 Å². The summed E-state index contributed by atoms with van der Waals surface area (Å²) < 4.78 is 0. The molecule has 0 bridgehead atoms. The molecule has 3 rings (SSSR count). The number of hydrogen-bond acceptors (Lipinski definition) is 5. The number of carboxylic acids is 1. The molecule has 1 aromatic heterocycles. The fourth-order valence-corrected chi connectivity index (χ4v) is 5.08. The maximum absolute atomic E-state index is 12.4. The number of aromatic nitrogens is 1. The van der Waals surface area contributed by atoms with Crippen molar-refractivity contribution < 1.29 is 14.7 Å². The second-order valence-corrected chi connectivity index (χ2v) is 8.21. The molecule has 0 radical (unpaired) electrons. The largest absolute Gasteiger partial charge is 0.480 e. The number of thiazole rings is 1. The van der Waals surface area contributed by atoms with Gasteiger partial charge >= 0.3 is 5.97 Å². The second kappa shape index (κ2) is 5.42. The lowest BCUT2D eigenvalue weighted by Gasteiger charge is -2.32. The lowest BCUT2D eigenvalue weighted by molar-refractivity contribution is -0.147. The first-order valence-electron chi connectivity index (χ1n) is 7.81. The molecule has 2 fully saturated rings. The third-order valence-corrected chi connectivity index (χ3v) is 5.93. The van der Waals surface area contributed by atoms with Crippen molar-refractivity contribution >= 4 is 23.1 Å². The van der Waals surface area contributed by atoms with Crippen molar-refractivity contribution in [1.82, 2.24) is 10.3 Å². The summed E-state index contributed by atoms with van der Waals surface area (Å²) in [5.41, 5.74) is -1.00. The summed E-state index contributed by atoms with van der Waals surface area (Å²) in [5.74, 6) is -0.782. The zero-order valence-electron chi connectivity index (χ0n) is 13.1. The van der Waals surface area contributed by atoms with Crippen molar-refractivity contribution in [2.24, 2.45) is 17.8 Å². The summed E-state index contributed by atoms with van der Waals surface area (Å²) in [7, 11) is 0. The van der Waals surface area contributed by atoms with Gasteiger partial charge in [0.15, 0.2) is 0 Å². The molecule has 6 heteroatoms. The van der Waals surface area contributed by atoms with Crippen LogP contribution in [0.3, 0.4) is 0 Å². The Morgan fingerprint density at radius 3 is 2.86 bits per heavy atom. The number of fused-ring (bicyclic) bond motifs is 1. The van der Waals surface area contributed by atoms with Gasteiger partial charge in [-0.05, 0) is 31.6 Å². The van der Waals surface area contributed by atoms with Gasteiger partial charge in [-0.25, -0.2) is 4.98 Å². The van der Waals surface area contributed by atoms with E-state index < -0.39 is 11.5 Å². The number of aliphatic carboxylic acids is 1. The Morgan fingerprint density at radius 2 is 2.32 bits per heavy atom. The minimum absolute atomic E-state index is 0.130. The normalized spacial score (nSPS) is 34.4. The number of carbonyl (C=O) groups excluding carboxylic acids is 1. The summed E-state index contributed by atoms with van der Waals surface area (Å²) in [6.07, 6.45) is 3.48. The fourth-order valence-electron chi connectivity index (χ4n) is 4.21. The van der Waals surface area contributed by atoms with Gasteiger partial charge in [0.25, 0.3) is 0 Å². The Bertz CT molecular complexity index is 612. The molecule has 0 aromatic carbocycles. The molecule has 22 heavy (non-hydrogen) atoms. The Labute approximate surface area is 134 Å². The van der Waals surface area contributed by atoms with Crippen molar-refractivity contribution in [2.45, 2.75) is 51.6 Å². The van der Waals surface area contributed by atoms with Gasteiger partial charge in [0, 0.05) is 23.4 Å². The topological polar surface area (TPSA) is 79.3 Å². The van der Waals surface area contributed by atoms with Gasteiger partial charge in [0.1, 0.15) is 16.3 Å². The Kier molecular flexibility index (Phi) is 3.85. The van der Waals surface area contributed by atoms with Gasteiger partial charge in [-0.3, -0.25) is 14.9 Å². The molecule has 1 aliphatic carbocycles. The molecular formula is C16H22N2O3S. The first kappa shape index (κ1) is 15.6. The quantitative estimate of drug-likeness (QED) is 0.890. The SMILES string of the molecule is Cc1cnc([C@@H]2N[C@](CC(C)C)(C(=O)O)[C@@H]3CCC(=O)[C@@H]32)s1. The predicted molar refractivity (Wildman–Crippen MR) is 83.8 cm³/mol. The van der Waals surface area contributed by atoms with Gasteiger partial charge in [0.2, 0.25) is 0 Å². The maximum Gasteiger partial charge on any atom is 0.324 e. The van der Waals surface area contributed by atoms with E-state index in [4.69, 9.17) is 0 Å². The molecule has 2 N–H and O–H groups in total. The van der Waals surface area contributed by atoms with Crippen LogP contribution in [0, 0.1) is 24.7 Å². The number of Topliss-reactive ketones (excluding diaryl/α,β-unsaturated/α-hetero) is 1. The van der Waals surface area contributed by atoms with E-state index >= 15 is 0 Å². The molecule has 2 heterocycles. The van der Waals surface area contributed by atoms with E-state index in [1.807, 2.05) is 20.8 Å². The highest BCUT2D eigenvalue weighted by Crippen LogP contribution is 2.52. The molecule has 0 spiro atoms.